The molecule has 7 heteroatoms. The number of rotatable bonds is 2. The molecule has 92 valence electrons. The van der Waals surface area contributed by atoms with E-state index < -0.39 is 29.7 Å². The zero-order valence-electron chi connectivity index (χ0n) is 8.48. The lowest BCUT2D eigenvalue weighted by atomic mass is 10.2. The predicted octanol–water partition coefficient (Wildman–Crippen LogP) is 3.17. The lowest BCUT2D eigenvalue weighted by Crippen LogP contribution is -2.31. The van der Waals surface area contributed by atoms with Gasteiger partial charge in [-0.25, -0.2) is 8.78 Å². The molecule has 0 aliphatic rings. The van der Waals surface area contributed by atoms with Gasteiger partial charge in [0.1, 0.15) is 0 Å². The van der Waals surface area contributed by atoms with Crippen molar-refractivity contribution in [2.45, 2.75) is 19.2 Å². The summed E-state index contributed by atoms with van der Waals surface area (Å²) in [6, 6.07) is 2.66. The standard InChI is InChI=1S/C10H6F5NO/c1-5(10(13,14)15)17-9-7(11)2-6(4-16)3-8(9)12/h2-3,5H,1H3. The van der Waals surface area contributed by atoms with Crippen LogP contribution in [0.4, 0.5) is 22.0 Å². The van der Waals surface area contributed by atoms with Crippen LogP contribution >= 0.6 is 0 Å². The van der Waals surface area contributed by atoms with E-state index >= 15 is 0 Å². The first kappa shape index (κ1) is 13.2. The maximum Gasteiger partial charge on any atom is 0.425 e. The van der Waals surface area contributed by atoms with Gasteiger partial charge in [-0.15, -0.1) is 0 Å². The highest BCUT2D eigenvalue weighted by atomic mass is 19.4. The number of hydrogen-bond donors (Lipinski definition) is 0. The maximum atomic E-state index is 13.2. The summed E-state index contributed by atoms with van der Waals surface area (Å²) in [6.45, 7) is 0.622. The minimum absolute atomic E-state index is 0.341. The first-order valence-corrected chi connectivity index (χ1v) is 4.38. The van der Waals surface area contributed by atoms with Crippen LogP contribution in [0.1, 0.15) is 12.5 Å². The summed E-state index contributed by atoms with van der Waals surface area (Å²) in [6.07, 6.45) is -7.08. The van der Waals surface area contributed by atoms with Crippen LogP contribution in [0.25, 0.3) is 0 Å². The summed E-state index contributed by atoms with van der Waals surface area (Å²) in [5.74, 6) is -3.84. The largest absolute Gasteiger partial charge is 0.475 e. The fourth-order valence-corrected chi connectivity index (χ4v) is 0.981. The molecule has 0 amide bonds. The van der Waals surface area contributed by atoms with E-state index in [0.717, 1.165) is 0 Å². The highest BCUT2D eigenvalue weighted by Crippen LogP contribution is 2.29. The van der Waals surface area contributed by atoms with E-state index in [1.54, 1.807) is 0 Å². The second kappa shape index (κ2) is 4.57. The van der Waals surface area contributed by atoms with Crippen LogP contribution in [-0.2, 0) is 0 Å². The van der Waals surface area contributed by atoms with Crippen LogP contribution in [0.15, 0.2) is 12.1 Å². The number of nitriles is 1. The zero-order valence-corrected chi connectivity index (χ0v) is 8.48. The fraction of sp³-hybridized carbons (Fsp3) is 0.300. The number of hydrogen-bond acceptors (Lipinski definition) is 2. The summed E-state index contributed by atoms with van der Waals surface area (Å²) in [5.41, 5.74) is -0.341. The first-order chi connectivity index (χ1) is 7.75. The fourth-order valence-electron chi connectivity index (χ4n) is 0.981. The molecule has 0 aromatic heterocycles. The summed E-state index contributed by atoms with van der Waals surface area (Å²) >= 11 is 0. The molecule has 0 aliphatic carbocycles. The molecule has 0 spiro atoms. The smallest absolute Gasteiger partial charge is 0.425 e. The maximum absolute atomic E-state index is 13.2. The van der Waals surface area contributed by atoms with Crippen molar-refractivity contribution in [2.24, 2.45) is 0 Å². The van der Waals surface area contributed by atoms with E-state index in [0.29, 0.717) is 19.1 Å². The molecule has 1 rings (SSSR count). The van der Waals surface area contributed by atoms with Gasteiger partial charge >= 0.3 is 6.18 Å². The molecule has 0 radical (unpaired) electrons. The van der Waals surface area contributed by atoms with E-state index in [-0.39, 0.29) is 5.56 Å². The van der Waals surface area contributed by atoms with Crippen molar-refractivity contribution in [3.8, 4) is 11.8 Å². The van der Waals surface area contributed by atoms with Gasteiger partial charge in [0.25, 0.3) is 0 Å². The molecule has 0 N–H and O–H groups in total. The second-order valence-electron chi connectivity index (χ2n) is 3.18. The Balaban J connectivity index is 3.05. The third-order valence-electron chi connectivity index (χ3n) is 1.88. The van der Waals surface area contributed by atoms with Crippen LogP contribution < -0.4 is 4.74 Å². The van der Waals surface area contributed by atoms with Gasteiger partial charge in [-0.2, -0.15) is 18.4 Å². The molecule has 1 atom stereocenters. The Hall–Kier alpha value is -1.84. The van der Waals surface area contributed by atoms with Crippen LogP contribution in [0.3, 0.4) is 0 Å². The summed E-state index contributed by atoms with van der Waals surface area (Å²) in [5, 5.41) is 8.38. The van der Waals surface area contributed by atoms with Crippen LogP contribution in [0, 0.1) is 23.0 Å². The summed E-state index contributed by atoms with van der Waals surface area (Å²) in [4.78, 5) is 0. The Morgan fingerprint density at radius 3 is 2.06 bits per heavy atom. The van der Waals surface area contributed by atoms with Gasteiger partial charge in [-0.05, 0) is 19.1 Å². The van der Waals surface area contributed by atoms with Crippen LogP contribution in [0.5, 0.6) is 5.75 Å². The van der Waals surface area contributed by atoms with Gasteiger partial charge in [-0.1, -0.05) is 0 Å². The molecule has 2 nitrogen and oxygen atoms in total. The Kier molecular flexibility index (Phi) is 3.56. The van der Waals surface area contributed by atoms with E-state index in [1.807, 2.05) is 0 Å². The molecule has 0 saturated carbocycles. The van der Waals surface area contributed by atoms with E-state index in [1.165, 1.54) is 6.07 Å². The molecule has 0 saturated heterocycles. The molecule has 1 aromatic rings. The van der Waals surface area contributed by atoms with Gasteiger partial charge in [0.2, 0.25) is 0 Å². The molecule has 0 aliphatic heterocycles. The van der Waals surface area contributed by atoms with Gasteiger partial charge in [0.05, 0.1) is 11.6 Å². The zero-order chi connectivity index (χ0) is 13.2. The van der Waals surface area contributed by atoms with Crippen molar-refractivity contribution in [1.29, 1.82) is 5.26 Å². The van der Waals surface area contributed by atoms with Crippen molar-refractivity contribution >= 4 is 0 Å². The Morgan fingerprint density at radius 2 is 1.71 bits per heavy atom. The lowest BCUT2D eigenvalue weighted by molar-refractivity contribution is -0.190. The van der Waals surface area contributed by atoms with Crippen molar-refractivity contribution in [3.05, 3.63) is 29.3 Å². The number of nitrogens with zero attached hydrogens (tertiary/aromatic N) is 1. The molecule has 0 fully saturated rings. The normalized spacial score (nSPS) is 13.0. The van der Waals surface area contributed by atoms with Gasteiger partial charge in [0, 0.05) is 0 Å². The third kappa shape index (κ3) is 3.06. The number of benzene rings is 1. The molecular weight excluding hydrogens is 245 g/mol. The lowest BCUT2D eigenvalue weighted by Gasteiger charge is -2.18. The SMILES string of the molecule is CC(Oc1c(F)cc(C#N)cc1F)C(F)(F)F. The topological polar surface area (TPSA) is 33.0 Å². The minimum Gasteiger partial charge on any atom is -0.475 e. The third-order valence-corrected chi connectivity index (χ3v) is 1.88. The van der Waals surface area contributed by atoms with E-state index in [9.17, 15) is 22.0 Å². The van der Waals surface area contributed by atoms with Crippen molar-refractivity contribution in [1.82, 2.24) is 0 Å². The van der Waals surface area contributed by atoms with Crippen molar-refractivity contribution < 1.29 is 26.7 Å². The molecule has 1 unspecified atom stereocenters. The molecule has 17 heavy (non-hydrogen) atoms. The van der Waals surface area contributed by atoms with Crippen molar-refractivity contribution in [2.75, 3.05) is 0 Å². The molecule has 0 heterocycles. The number of alkyl halides is 3. The summed E-state index contributed by atoms with van der Waals surface area (Å²) < 4.78 is 66.8. The van der Waals surface area contributed by atoms with Gasteiger partial charge < -0.3 is 4.74 Å². The first-order valence-electron chi connectivity index (χ1n) is 4.38. The van der Waals surface area contributed by atoms with Crippen LogP contribution in [0.2, 0.25) is 0 Å². The Morgan fingerprint density at radius 1 is 1.24 bits per heavy atom. The monoisotopic (exact) mass is 251 g/mol. The summed E-state index contributed by atoms with van der Waals surface area (Å²) in [7, 11) is 0. The van der Waals surface area contributed by atoms with Gasteiger partial charge in [0.15, 0.2) is 23.5 Å². The van der Waals surface area contributed by atoms with E-state index in [4.69, 9.17) is 5.26 Å². The Labute approximate surface area is 93.2 Å². The average molecular weight is 251 g/mol. The van der Waals surface area contributed by atoms with E-state index in [2.05, 4.69) is 4.74 Å². The quantitative estimate of drug-likeness (QED) is 0.756. The number of halogens is 5. The average Bonchev–Trinajstić information content (AvgIpc) is 2.21. The molecule has 0 bridgehead atoms. The second-order valence-corrected chi connectivity index (χ2v) is 3.18. The Bertz CT molecular complexity index is 440. The molecule has 1 aromatic carbocycles. The number of ether oxygens (including phenoxy) is 1. The predicted molar refractivity (Wildman–Crippen MR) is 47.2 cm³/mol. The highest BCUT2D eigenvalue weighted by Gasteiger charge is 2.39. The van der Waals surface area contributed by atoms with Gasteiger partial charge in [-0.3, -0.25) is 0 Å². The van der Waals surface area contributed by atoms with Crippen molar-refractivity contribution in [3.63, 3.8) is 0 Å². The minimum atomic E-state index is -4.73. The highest BCUT2D eigenvalue weighted by molar-refractivity contribution is 5.37. The van der Waals surface area contributed by atoms with Crippen LogP contribution in [-0.4, -0.2) is 12.3 Å². The molecular formula is C10H6F5NO.